The molecule has 0 saturated carbocycles. The van der Waals surface area contributed by atoms with Gasteiger partial charge >= 0.3 is 0 Å². The van der Waals surface area contributed by atoms with Crippen LogP contribution in [0.1, 0.15) is 37.8 Å². The minimum absolute atomic E-state index is 0.206. The van der Waals surface area contributed by atoms with Crippen LogP contribution in [0.15, 0.2) is 12.3 Å². The zero-order valence-electron chi connectivity index (χ0n) is 17.5. The van der Waals surface area contributed by atoms with Gasteiger partial charge in [0.1, 0.15) is 0 Å². The number of methoxy groups -OCH3 is 1. The summed E-state index contributed by atoms with van der Waals surface area (Å²) in [6.07, 6.45) is 6.98. The highest BCUT2D eigenvalue weighted by Gasteiger charge is 2.27. The number of carbonyl (C=O) groups excluding carboxylic acids is 1. The van der Waals surface area contributed by atoms with Crippen LogP contribution >= 0.6 is 0 Å². The molecule has 7 heteroatoms. The summed E-state index contributed by atoms with van der Waals surface area (Å²) in [4.78, 5) is 17.6. The van der Waals surface area contributed by atoms with Gasteiger partial charge in [-0.3, -0.25) is 9.48 Å². The molecule has 0 unspecified atom stereocenters. The molecule has 0 radical (unpaired) electrons. The van der Waals surface area contributed by atoms with Crippen molar-refractivity contribution in [1.29, 1.82) is 0 Å². The van der Waals surface area contributed by atoms with Crippen molar-refractivity contribution >= 4 is 5.91 Å². The van der Waals surface area contributed by atoms with E-state index in [0.717, 1.165) is 77.3 Å². The smallest absolute Gasteiger partial charge is 0.224 e. The van der Waals surface area contributed by atoms with Gasteiger partial charge in [0.15, 0.2) is 0 Å². The van der Waals surface area contributed by atoms with Crippen LogP contribution in [0.5, 0.6) is 0 Å². The number of aryl methyl sites for hydroxylation is 2. The van der Waals surface area contributed by atoms with Crippen LogP contribution in [0, 0.1) is 12.8 Å². The van der Waals surface area contributed by atoms with Crippen molar-refractivity contribution in [2.24, 2.45) is 5.92 Å². The predicted octanol–water partition coefficient (Wildman–Crippen LogP) is 1.95. The third kappa shape index (κ3) is 6.29. The fourth-order valence-electron chi connectivity index (χ4n) is 4.23. The summed E-state index contributed by atoms with van der Waals surface area (Å²) in [6, 6.07) is 1.98. The van der Waals surface area contributed by atoms with E-state index in [4.69, 9.17) is 9.47 Å². The monoisotopic (exact) mass is 392 g/mol. The maximum atomic E-state index is 13.0. The lowest BCUT2D eigenvalue weighted by atomic mass is 9.95. The molecule has 0 aliphatic carbocycles. The number of nitrogens with zero attached hydrogens (tertiary/aromatic N) is 4. The van der Waals surface area contributed by atoms with Gasteiger partial charge in [0, 0.05) is 58.2 Å². The average Bonchev–Trinajstić information content (AvgIpc) is 3.36. The first-order valence-electron chi connectivity index (χ1n) is 10.7. The average molecular weight is 393 g/mol. The molecule has 28 heavy (non-hydrogen) atoms. The van der Waals surface area contributed by atoms with Crippen molar-refractivity contribution in [3.63, 3.8) is 0 Å². The van der Waals surface area contributed by atoms with Crippen LogP contribution < -0.4 is 0 Å². The Hall–Kier alpha value is -1.44. The molecule has 1 aromatic heterocycles. The summed E-state index contributed by atoms with van der Waals surface area (Å²) >= 11 is 0. The van der Waals surface area contributed by atoms with E-state index in [0.29, 0.717) is 18.9 Å². The SMILES string of the molecule is COCCN1CCC(CN(C[C@H]2CCCO2)C(=O)CCn2nccc2C)CC1. The van der Waals surface area contributed by atoms with Gasteiger partial charge in [0.2, 0.25) is 5.91 Å². The van der Waals surface area contributed by atoms with E-state index in [9.17, 15) is 4.79 Å². The first-order valence-corrected chi connectivity index (χ1v) is 10.7. The van der Waals surface area contributed by atoms with Crippen LogP contribution in [0.3, 0.4) is 0 Å². The van der Waals surface area contributed by atoms with Crippen molar-refractivity contribution in [1.82, 2.24) is 19.6 Å². The highest BCUT2D eigenvalue weighted by molar-refractivity contribution is 5.76. The number of carbonyl (C=O) groups is 1. The standard InChI is InChI=1S/C21H36N4O3/c1-18-5-9-22-25(18)12-8-21(26)24(17-20-4-3-14-28-20)16-19-6-10-23(11-7-19)13-15-27-2/h5,9,19-20H,3-4,6-8,10-17H2,1-2H3/t20-/m1/s1. The number of rotatable bonds is 10. The van der Waals surface area contributed by atoms with Gasteiger partial charge in [-0.2, -0.15) is 5.10 Å². The van der Waals surface area contributed by atoms with Gasteiger partial charge in [0.25, 0.3) is 0 Å². The van der Waals surface area contributed by atoms with Gasteiger partial charge in [-0.05, 0) is 57.7 Å². The van der Waals surface area contributed by atoms with Crippen molar-refractivity contribution in [3.05, 3.63) is 18.0 Å². The van der Waals surface area contributed by atoms with Gasteiger partial charge in [-0.1, -0.05) is 0 Å². The fourth-order valence-corrected chi connectivity index (χ4v) is 4.23. The molecule has 3 heterocycles. The normalized spacial score (nSPS) is 21.3. The molecule has 1 amide bonds. The first kappa shape index (κ1) is 21.3. The first-order chi connectivity index (χ1) is 13.7. The maximum Gasteiger partial charge on any atom is 0.224 e. The zero-order chi connectivity index (χ0) is 19.8. The summed E-state index contributed by atoms with van der Waals surface area (Å²) in [5, 5.41) is 4.30. The van der Waals surface area contributed by atoms with E-state index < -0.39 is 0 Å². The molecule has 2 fully saturated rings. The molecule has 2 aliphatic rings. The molecule has 2 saturated heterocycles. The molecular weight excluding hydrogens is 356 g/mol. The Labute approximate surface area is 169 Å². The number of ether oxygens (including phenoxy) is 2. The number of hydrogen-bond acceptors (Lipinski definition) is 5. The third-order valence-corrected chi connectivity index (χ3v) is 6.06. The van der Waals surface area contributed by atoms with Crippen LogP contribution in [-0.4, -0.2) is 84.6 Å². The number of aromatic nitrogens is 2. The van der Waals surface area contributed by atoms with E-state index in [1.807, 2.05) is 17.7 Å². The van der Waals surface area contributed by atoms with E-state index in [2.05, 4.69) is 14.9 Å². The molecule has 3 rings (SSSR count). The van der Waals surface area contributed by atoms with Crippen molar-refractivity contribution in [3.8, 4) is 0 Å². The van der Waals surface area contributed by atoms with Gasteiger partial charge < -0.3 is 19.3 Å². The van der Waals surface area contributed by atoms with Crippen molar-refractivity contribution < 1.29 is 14.3 Å². The second-order valence-electron chi connectivity index (χ2n) is 8.16. The van der Waals surface area contributed by atoms with Gasteiger partial charge in [-0.25, -0.2) is 0 Å². The molecule has 1 atom stereocenters. The van der Waals surface area contributed by atoms with Crippen LogP contribution in [-0.2, 0) is 20.8 Å². The van der Waals surface area contributed by atoms with E-state index in [1.54, 1.807) is 13.3 Å². The second kappa shape index (κ2) is 10.9. The Morgan fingerprint density at radius 3 is 2.75 bits per heavy atom. The lowest BCUT2D eigenvalue weighted by Gasteiger charge is -2.35. The van der Waals surface area contributed by atoms with Crippen LogP contribution in [0.25, 0.3) is 0 Å². The lowest BCUT2D eigenvalue weighted by molar-refractivity contribution is -0.134. The highest BCUT2D eigenvalue weighted by atomic mass is 16.5. The Kier molecular flexibility index (Phi) is 8.30. The van der Waals surface area contributed by atoms with Crippen molar-refractivity contribution in [2.75, 3.05) is 53.0 Å². The molecule has 0 aromatic carbocycles. The number of likely N-dealkylation sites (tertiary alicyclic amines) is 1. The number of amides is 1. The summed E-state index contributed by atoms with van der Waals surface area (Å²) in [7, 11) is 1.76. The molecule has 2 aliphatic heterocycles. The molecule has 158 valence electrons. The van der Waals surface area contributed by atoms with Gasteiger partial charge in [0.05, 0.1) is 12.7 Å². The van der Waals surface area contributed by atoms with E-state index in [-0.39, 0.29) is 12.0 Å². The Morgan fingerprint density at radius 1 is 1.29 bits per heavy atom. The lowest BCUT2D eigenvalue weighted by Crippen LogP contribution is -2.44. The minimum Gasteiger partial charge on any atom is -0.383 e. The molecular formula is C21H36N4O3. The predicted molar refractivity (Wildman–Crippen MR) is 108 cm³/mol. The minimum atomic E-state index is 0.206. The Bertz CT molecular complexity index is 592. The van der Waals surface area contributed by atoms with Crippen LogP contribution in [0.2, 0.25) is 0 Å². The molecule has 0 bridgehead atoms. The molecule has 7 nitrogen and oxygen atoms in total. The topological polar surface area (TPSA) is 59.8 Å². The third-order valence-electron chi connectivity index (χ3n) is 6.06. The summed E-state index contributed by atoms with van der Waals surface area (Å²) < 4.78 is 12.9. The van der Waals surface area contributed by atoms with Crippen molar-refractivity contribution in [2.45, 2.75) is 51.7 Å². The summed E-state index contributed by atoms with van der Waals surface area (Å²) in [5.74, 6) is 0.808. The zero-order valence-corrected chi connectivity index (χ0v) is 17.5. The summed E-state index contributed by atoms with van der Waals surface area (Å²) in [6.45, 7) is 9.10. The number of piperidine rings is 1. The second-order valence-corrected chi connectivity index (χ2v) is 8.16. The largest absolute Gasteiger partial charge is 0.383 e. The number of hydrogen-bond donors (Lipinski definition) is 0. The Morgan fingerprint density at radius 2 is 2.11 bits per heavy atom. The van der Waals surface area contributed by atoms with Crippen LogP contribution in [0.4, 0.5) is 0 Å². The molecule has 1 aromatic rings. The molecule has 0 N–H and O–H groups in total. The van der Waals surface area contributed by atoms with Gasteiger partial charge in [-0.15, -0.1) is 0 Å². The highest BCUT2D eigenvalue weighted by Crippen LogP contribution is 2.21. The van der Waals surface area contributed by atoms with E-state index in [1.165, 1.54) is 0 Å². The molecule has 0 spiro atoms. The van der Waals surface area contributed by atoms with E-state index >= 15 is 0 Å². The quantitative estimate of drug-likeness (QED) is 0.609. The Balaban J connectivity index is 1.51. The maximum absolute atomic E-state index is 13.0. The summed E-state index contributed by atoms with van der Waals surface area (Å²) in [5.41, 5.74) is 1.10. The fraction of sp³-hybridized carbons (Fsp3) is 0.810.